The topological polar surface area (TPSA) is 53.9 Å². The summed E-state index contributed by atoms with van der Waals surface area (Å²) < 4.78 is 46.4. The minimum absolute atomic E-state index is 0.0502. The molecule has 0 radical (unpaired) electrons. The summed E-state index contributed by atoms with van der Waals surface area (Å²) in [7, 11) is 3.16. The number of anilines is 1. The molecule has 0 aliphatic heterocycles. The molecule has 0 fully saturated rings. The Hall–Kier alpha value is -3.46. The Bertz CT molecular complexity index is 1120. The number of hydrogen-bond acceptors (Lipinski definition) is 4. The normalized spacial score (nSPS) is 11.2. The number of nitrogens with zero attached hydrogens (tertiary/aromatic N) is 2. The van der Waals surface area contributed by atoms with Crippen LogP contribution in [-0.4, -0.2) is 31.8 Å². The van der Waals surface area contributed by atoms with Crippen LogP contribution in [0.2, 0.25) is 0 Å². The van der Waals surface area contributed by atoms with E-state index in [1.807, 2.05) is 0 Å². The van der Waals surface area contributed by atoms with Gasteiger partial charge in [-0.1, -0.05) is 23.9 Å². The molecular formula is C24H22F3N3O2S. The number of likely N-dealkylation sites (N-methyl/N-ethyl adjacent to an activating group) is 1. The summed E-state index contributed by atoms with van der Waals surface area (Å²) >= 11 is 1.03. The van der Waals surface area contributed by atoms with Crippen molar-refractivity contribution in [2.24, 2.45) is 4.99 Å². The summed E-state index contributed by atoms with van der Waals surface area (Å²) in [4.78, 5) is 18.5. The van der Waals surface area contributed by atoms with E-state index < -0.39 is 17.5 Å². The van der Waals surface area contributed by atoms with Crippen LogP contribution >= 0.6 is 11.8 Å². The third-order valence-electron chi connectivity index (χ3n) is 4.68. The number of amidine groups is 1. The van der Waals surface area contributed by atoms with Crippen molar-refractivity contribution < 1.29 is 22.7 Å². The van der Waals surface area contributed by atoms with Crippen molar-refractivity contribution in [1.29, 1.82) is 0 Å². The highest BCUT2D eigenvalue weighted by atomic mass is 32.2. The number of thioether (sulfide) groups is 1. The smallest absolute Gasteiger partial charge is 0.246 e. The Balaban J connectivity index is 1.74. The summed E-state index contributed by atoms with van der Waals surface area (Å²) in [6.45, 7) is -0.125. The van der Waals surface area contributed by atoms with Gasteiger partial charge in [0.15, 0.2) is 5.17 Å². The number of methoxy groups -OCH3 is 1. The lowest BCUT2D eigenvalue weighted by Gasteiger charge is -2.19. The first-order valence-electron chi connectivity index (χ1n) is 9.92. The second-order valence-corrected chi connectivity index (χ2v) is 7.85. The zero-order valence-electron chi connectivity index (χ0n) is 18.0. The quantitative estimate of drug-likeness (QED) is 0.375. The molecule has 33 heavy (non-hydrogen) atoms. The van der Waals surface area contributed by atoms with Crippen molar-refractivity contribution in [1.82, 2.24) is 5.32 Å². The number of rotatable bonds is 7. The predicted octanol–water partition coefficient (Wildman–Crippen LogP) is 5.29. The van der Waals surface area contributed by atoms with Gasteiger partial charge in [0.05, 0.1) is 19.3 Å². The Kier molecular flexibility index (Phi) is 8.37. The first-order valence-corrected chi connectivity index (χ1v) is 10.9. The van der Waals surface area contributed by atoms with Crippen molar-refractivity contribution >= 4 is 34.2 Å². The highest BCUT2D eigenvalue weighted by molar-refractivity contribution is 8.13. The molecular weight excluding hydrogens is 451 g/mol. The van der Waals surface area contributed by atoms with E-state index in [2.05, 4.69) is 10.3 Å². The van der Waals surface area contributed by atoms with Gasteiger partial charge in [0.2, 0.25) is 5.91 Å². The van der Waals surface area contributed by atoms with E-state index >= 15 is 0 Å². The first-order chi connectivity index (χ1) is 15.9. The van der Waals surface area contributed by atoms with Gasteiger partial charge in [-0.2, -0.15) is 0 Å². The highest BCUT2D eigenvalue weighted by Gasteiger charge is 2.15. The largest absolute Gasteiger partial charge is 0.497 e. The minimum Gasteiger partial charge on any atom is -0.497 e. The summed E-state index contributed by atoms with van der Waals surface area (Å²) in [6.07, 6.45) is 0. The Morgan fingerprint density at radius 3 is 2.36 bits per heavy atom. The monoisotopic (exact) mass is 473 g/mol. The molecule has 0 aliphatic carbocycles. The van der Waals surface area contributed by atoms with E-state index in [1.165, 1.54) is 54.5 Å². The molecule has 9 heteroatoms. The molecule has 1 N–H and O–H groups in total. The standard InChI is InChI=1S/C24H22F3N3O2S/c1-30(18-5-3-6-19(13-18)32-2)23(31)14-28-24(29-17-11-9-16(25)10-12-17)33-15-20-21(26)7-4-8-22(20)27/h3-13H,14-15H2,1-2H3,(H,28,29). The molecule has 0 spiro atoms. The average molecular weight is 474 g/mol. The van der Waals surface area contributed by atoms with Gasteiger partial charge in [0, 0.05) is 30.1 Å². The van der Waals surface area contributed by atoms with Gasteiger partial charge < -0.3 is 15.0 Å². The molecule has 0 saturated heterocycles. The molecule has 3 aromatic carbocycles. The lowest BCUT2D eigenvalue weighted by atomic mass is 10.2. The van der Waals surface area contributed by atoms with E-state index in [9.17, 15) is 18.0 Å². The molecule has 0 heterocycles. The number of nitrogens with one attached hydrogen (secondary N) is 1. The fourth-order valence-corrected chi connectivity index (χ4v) is 3.70. The van der Waals surface area contributed by atoms with Crippen molar-refractivity contribution in [2.75, 3.05) is 25.6 Å². The third kappa shape index (κ3) is 6.76. The van der Waals surface area contributed by atoms with Crippen LogP contribution in [0.15, 0.2) is 71.7 Å². The average Bonchev–Trinajstić information content (AvgIpc) is 2.82. The van der Waals surface area contributed by atoms with Gasteiger partial charge in [0.25, 0.3) is 0 Å². The van der Waals surface area contributed by atoms with Crippen molar-refractivity contribution in [3.63, 3.8) is 0 Å². The molecule has 0 atom stereocenters. The van der Waals surface area contributed by atoms with Crippen LogP contribution in [0.25, 0.3) is 0 Å². The molecule has 0 aliphatic rings. The molecule has 1 amide bonds. The van der Waals surface area contributed by atoms with Crippen LogP contribution in [0, 0.1) is 17.5 Å². The number of carbonyl (C=O) groups excluding carboxylic acids is 1. The van der Waals surface area contributed by atoms with Crippen LogP contribution < -0.4 is 15.0 Å². The molecule has 5 nitrogen and oxygen atoms in total. The Morgan fingerprint density at radius 1 is 1.03 bits per heavy atom. The Morgan fingerprint density at radius 2 is 1.70 bits per heavy atom. The van der Waals surface area contributed by atoms with Crippen molar-refractivity contribution in [3.05, 3.63) is 89.7 Å². The van der Waals surface area contributed by atoms with E-state index in [0.717, 1.165) is 11.8 Å². The maximum atomic E-state index is 14.0. The summed E-state index contributed by atoms with van der Waals surface area (Å²) in [5.74, 6) is -1.46. The maximum Gasteiger partial charge on any atom is 0.246 e. The zero-order chi connectivity index (χ0) is 23.8. The fraction of sp³-hybridized carbons (Fsp3) is 0.167. The molecule has 0 unspecified atom stereocenters. The fourth-order valence-electron chi connectivity index (χ4n) is 2.80. The van der Waals surface area contributed by atoms with Gasteiger partial charge >= 0.3 is 0 Å². The van der Waals surface area contributed by atoms with Gasteiger partial charge in [0.1, 0.15) is 23.2 Å². The van der Waals surface area contributed by atoms with Gasteiger partial charge in [-0.25, -0.2) is 18.2 Å². The number of halogens is 3. The lowest BCUT2D eigenvalue weighted by Crippen LogP contribution is -2.37. The summed E-state index contributed by atoms with van der Waals surface area (Å²) in [6, 6.07) is 16.1. The van der Waals surface area contributed by atoms with Crippen LogP contribution in [-0.2, 0) is 10.5 Å². The SMILES string of the molecule is COc1cccc(N(C)C(=O)CNC(=Nc2ccc(F)cc2)SCc2c(F)cccc2F)c1. The number of carbonyl (C=O) groups is 1. The summed E-state index contributed by atoms with van der Waals surface area (Å²) in [5, 5.41) is 3.18. The van der Waals surface area contributed by atoms with Gasteiger partial charge in [-0.05, 0) is 48.5 Å². The molecule has 3 rings (SSSR count). The lowest BCUT2D eigenvalue weighted by molar-refractivity contribution is -0.117. The predicted molar refractivity (Wildman–Crippen MR) is 126 cm³/mol. The molecule has 0 bridgehead atoms. The summed E-state index contributed by atoms with van der Waals surface area (Å²) in [5.41, 5.74) is 0.962. The number of hydrogen-bond donors (Lipinski definition) is 1. The Labute approximate surface area is 194 Å². The van der Waals surface area contributed by atoms with Crippen LogP contribution in [0.1, 0.15) is 5.56 Å². The van der Waals surface area contributed by atoms with Gasteiger partial charge in [-0.15, -0.1) is 0 Å². The number of ether oxygens (including phenoxy) is 1. The van der Waals surface area contributed by atoms with E-state index in [4.69, 9.17) is 4.74 Å². The number of benzene rings is 3. The minimum atomic E-state index is -0.669. The second kappa shape index (κ2) is 11.4. The van der Waals surface area contributed by atoms with Crippen LogP contribution in [0.3, 0.4) is 0 Å². The van der Waals surface area contributed by atoms with E-state index in [1.54, 1.807) is 31.3 Å². The van der Waals surface area contributed by atoms with E-state index in [0.29, 0.717) is 17.1 Å². The molecule has 0 saturated carbocycles. The van der Waals surface area contributed by atoms with Crippen molar-refractivity contribution in [2.45, 2.75) is 5.75 Å². The van der Waals surface area contributed by atoms with E-state index in [-0.39, 0.29) is 28.9 Å². The maximum absolute atomic E-state index is 14.0. The molecule has 0 aromatic heterocycles. The van der Waals surface area contributed by atoms with Crippen molar-refractivity contribution in [3.8, 4) is 5.75 Å². The zero-order valence-corrected chi connectivity index (χ0v) is 18.8. The molecule has 172 valence electrons. The van der Waals surface area contributed by atoms with Gasteiger partial charge in [-0.3, -0.25) is 4.79 Å². The molecule has 3 aromatic rings. The third-order valence-corrected chi connectivity index (χ3v) is 5.62. The van der Waals surface area contributed by atoms with Crippen LogP contribution in [0.4, 0.5) is 24.5 Å². The number of amides is 1. The number of aliphatic imine (C=N–C) groups is 1. The highest BCUT2D eigenvalue weighted by Crippen LogP contribution is 2.23. The first kappa shape index (κ1) is 24.2. The van der Waals surface area contributed by atoms with Crippen LogP contribution in [0.5, 0.6) is 5.75 Å². The second-order valence-electron chi connectivity index (χ2n) is 6.89.